The van der Waals surface area contributed by atoms with Crippen LogP contribution in [0.4, 0.5) is 0 Å². The predicted molar refractivity (Wildman–Crippen MR) is 105 cm³/mol. The van der Waals surface area contributed by atoms with E-state index in [1.165, 1.54) is 44.1 Å². The summed E-state index contributed by atoms with van der Waals surface area (Å²) in [5.74, 6) is 1.60. The molecule has 136 valence electrons. The van der Waals surface area contributed by atoms with E-state index in [4.69, 9.17) is 4.74 Å². The van der Waals surface area contributed by atoms with Crippen LogP contribution in [-0.4, -0.2) is 5.60 Å². The van der Waals surface area contributed by atoms with Gasteiger partial charge < -0.3 is 4.74 Å². The second-order valence-electron chi connectivity index (χ2n) is 10.4. The molecule has 0 spiro atoms. The highest BCUT2D eigenvalue weighted by atomic mass is 16.5. The maximum atomic E-state index is 6.36. The van der Waals surface area contributed by atoms with Gasteiger partial charge in [-0.15, -0.1) is 0 Å². The quantitative estimate of drug-likeness (QED) is 0.560. The van der Waals surface area contributed by atoms with Crippen LogP contribution in [0.5, 0.6) is 5.75 Å². The van der Waals surface area contributed by atoms with Gasteiger partial charge in [0.15, 0.2) is 0 Å². The minimum absolute atomic E-state index is 0.0363. The van der Waals surface area contributed by atoms with Gasteiger partial charge in [-0.3, -0.25) is 0 Å². The molecule has 0 amide bonds. The average Bonchev–Trinajstić information content (AvgIpc) is 2.44. The number of rotatable bonds is 4. The third kappa shape index (κ3) is 5.53. The van der Waals surface area contributed by atoms with Crippen LogP contribution in [0.1, 0.15) is 98.5 Å². The lowest BCUT2D eigenvalue weighted by atomic mass is 9.69. The van der Waals surface area contributed by atoms with Gasteiger partial charge in [0.1, 0.15) is 11.4 Å². The summed E-state index contributed by atoms with van der Waals surface area (Å²) in [4.78, 5) is 0. The first-order valence-electron chi connectivity index (χ1n) is 9.78. The molecule has 1 unspecified atom stereocenters. The third-order valence-corrected chi connectivity index (χ3v) is 5.42. The average molecular weight is 331 g/mol. The van der Waals surface area contributed by atoms with Crippen molar-refractivity contribution in [2.45, 2.75) is 98.5 Å². The van der Waals surface area contributed by atoms with Crippen molar-refractivity contribution >= 4 is 0 Å². The second kappa shape index (κ2) is 7.10. The van der Waals surface area contributed by atoms with E-state index in [1.54, 1.807) is 0 Å². The van der Waals surface area contributed by atoms with E-state index in [0.717, 1.165) is 5.75 Å². The van der Waals surface area contributed by atoms with Crippen LogP contribution in [-0.2, 0) is 0 Å². The van der Waals surface area contributed by atoms with Crippen molar-refractivity contribution in [3.8, 4) is 5.75 Å². The van der Waals surface area contributed by atoms with Gasteiger partial charge in [-0.05, 0) is 73.5 Å². The van der Waals surface area contributed by atoms with Crippen molar-refractivity contribution in [3.05, 3.63) is 29.8 Å². The molecule has 0 bridgehead atoms. The van der Waals surface area contributed by atoms with Crippen LogP contribution in [0.3, 0.4) is 0 Å². The lowest BCUT2D eigenvalue weighted by Crippen LogP contribution is -2.34. The van der Waals surface area contributed by atoms with Crippen LogP contribution in [0.25, 0.3) is 0 Å². The second-order valence-corrected chi connectivity index (χ2v) is 10.4. The molecule has 24 heavy (non-hydrogen) atoms. The van der Waals surface area contributed by atoms with Gasteiger partial charge in [0.2, 0.25) is 0 Å². The molecular formula is C23H38O. The van der Waals surface area contributed by atoms with Crippen LogP contribution in [0.15, 0.2) is 24.3 Å². The number of benzene rings is 1. The van der Waals surface area contributed by atoms with Gasteiger partial charge in [-0.1, -0.05) is 60.1 Å². The Hall–Kier alpha value is -0.980. The van der Waals surface area contributed by atoms with Gasteiger partial charge >= 0.3 is 0 Å². The molecule has 1 aliphatic carbocycles. The molecule has 1 saturated carbocycles. The van der Waals surface area contributed by atoms with Crippen molar-refractivity contribution in [2.75, 3.05) is 0 Å². The minimum Gasteiger partial charge on any atom is -0.488 e. The molecule has 0 saturated heterocycles. The monoisotopic (exact) mass is 330 g/mol. The van der Waals surface area contributed by atoms with E-state index < -0.39 is 0 Å². The largest absolute Gasteiger partial charge is 0.488 e. The first kappa shape index (κ1) is 19.3. The molecule has 2 rings (SSSR count). The van der Waals surface area contributed by atoms with Crippen molar-refractivity contribution in [3.63, 3.8) is 0 Å². The zero-order chi connectivity index (χ0) is 18.0. The standard InChI is InChI=1S/C23H38O/c1-21(2,3)17-20(22(4,5)6)18-11-13-19(14-12-18)24-23(7)15-9-8-10-16-23/h11-14,20H,8-10,15-17H2,1-7H3. The molecule has 1 aromatic rings. The van der Waals surface area contributed by atoms with Gasteiger partial charge in [0.25, 0.3) is 0 Å². The molecule has 1 atom stereocenters. The number of hydrogen-bond donors (Lipinski definition) is 0. The molecule has 1 heteroatoms. The highest BCUT2D eigenvalue weighted by molar-refractivity contribution is 5.31. The Balaban J connectivity index is 2.14. The third-order valence-electron chi connectivity index (χ3n) is 5.42. The van der Waals surface area contributed by atoms with Crippen LogP contribution in [0, 0.1) is 10.8 Å². The first-order chi connectivity index (χ1) is 11.0. The Morgan fingerprint density at radius 2 is 1.46 bits per heavy atom. The summed E-state index contributed by atoms with van der Waals surface area (Å²) in [6.07, 6.45) is 7.53. The van der Waals surface area contributed by atoms with Gasteiger partial charge in [0.05, 0.1) is 0 Å². The van der Waals surface area contributed by atoms with E-state index in [9.17, 15) is 0 Å². The highest BCUT2D eigenvalue weighted by Gasteiger charge is 2.31. The molecular weight excluding hydrogens is 292 g/mol. The molecule has 1 fully saturated rings. The topological polar surface area (TPSA) is 9.23 Å². The van der Waals surface area contributed by atoms with Crippen molar-refractivity contribution < 1.29 is 4.74 Å². The fraction of sp³-hybridized carbons (Fsp3) is 0.739. The summed E-state index contributed by atoms with van der Waals surface area (Å²) >= 11 is 0. The lowest BCUT2D eigenvalue weighted by Gasteiger charge is -2.37. The van der Waals surface area contributed by atoms with E-state index in [-0.39, 0.29) is 11.0 Å². The molecule has 0 aliphatic heterocycles. The van der Waals surface area contributed by atoms with E-state index >= 15 is 0 Å². The first-order valence-corrected chi connectivity index (χ1v) is 9.78. The Morgan fingerprint density at radius 1 is 0.917 bits per heavy atom. The van der Waals surface area contributed by atoms with Crippen LogP contribution < -0.4 is 4.74 Å². The van der Waals surface area contributed by atoms with Crippen molar-refractivity contribution in [1.29, 1.82) is 0 Å². The summed E-state index contributed by atoms with van der Waals surface area (Å²) in [5.41, 5.74) is 2.08. The molecule has 1 aliphatic rings. The fourth-order valence-electron chi connectivity index (χ4n) is 3.99. The smallest absolute Gasteiger partial charge is 0.120 e. The van der Waals surface area contributed by atoms with E-state index in [0.29, 0.717) is 11.3 Å². The lowest BCUT2D eigenvalue weighted by molar-refractivity contribution is 0.0487. The minimum atomic E-state index is 0.0363. The van der Waals surface area contributed by atoms with Gasteiger partial charge in [-0.2, -0.15) is 0 Å². The summed E-state index contributed by atoms with van der Waals surface area (Å²) in [5, 5.41) is 0. The summed E-state index contributed by atoms with van der Waals surface area (Å²) in [7, 11) is 0. The van der Waals surface area contributed by atoms with E-state index in [1.807, 2.05) is 0 Å². The van der Waals surface area contributed by atoms with Crippen LogP contribution in [0.2, 0.25) is 0 Å². The zero-order valence-corrected chi connectivity index (χ0v) is 17.0. The van der Waals surface area contributed by atoms with Crippen molar-refractivity contribution in [2.24, 2.45) is 10.8 Å². The molecule has 0 N–H and O–H groups in total. The normalized spacial score (nSPS) is 19.8. The Kier molecular flexibility index (Phi) is 5.72. The predicted octanol–water partition coefficient (Wildman–Crippen LogP) is 7.35. The summed E-state index contributed by atoms with van der Waals surface area (Å²) < 4.78 is 6.36. The number of ether oxygens (including phenoxy) is 1. The SMILES string of the molecule is CC(C)(C)CC(c1ccc(OC2(C)CCCCC2)cc1)C(C)(C)C. The molecule has 0 radical (unpaired) electrons. The Morgan fingerprint density at radius 3 is 1.92 bits per heavy atom. The van der Waals surface area contributed by atoms with Gasteiger partial charge in [-0.25, -0.2) is 0 Å². The molecule has 1 nitrogen and oxygen atoms in total. The molecule has 0 aromatic heterocycles. The summed E-state index contributed by atoms with van der Waals surface area (Å²) in [6.45, 7) is 16.4. The fourth-order valence-corrected chi connectivity index (χ4v) is 3.99. The summed E-state index contributed by atoms with van der Waals surface area (Å²) in [6, 6.07) is 8.97. The number of hydrogen-bond acceptors (Lipinski definition) is 1. The molecule has 0 heterocycles. The Labute approximate surface area is 150 Å². The zero-order valence-electron chi connectivity index (χ0n) is 17.0. The van der Waals surface area contributed by atoms with E-state index in [2.05, 4.69) is 72.7 Å². The maximum Gasteiger partial charge on any atom is 0.120 e. The van der Waals surface area contributed by atoms with Crippen LogP contribution >= 0.6 is 0 Å². The maximum absolute atomic E-state index is 6.36. The molecule has 1 aromatic carbocycles. The highest BCUT2D eigenvalue weighted by Crippen LogP contribution is 2.43. The van der Waals surface area contributed by atoms with Gasteiger partial charge in [0, 0.05) is 0 Å². The van der Waals surface area contributed by atoms with Crippen molar-refractivity contribution in [1.82, 2.24) is 0 Å². The Bertz CT molecular complexity index is 506.